The maximum atomic E-state index is 6.21. The number of ether oxygens (including phenoxy) is 1. The second kappa shape index (κ2) is 6.06. The van der Waals surface area contributed by atoms with Gasteiger partial charge in [-0.25, -0.2) is 4.98 Å². The molecule has 0 atom stereocenters. The maximum absolute atomic E-state index is 6.21. The van der Waals surface area contributed by atoms with Gasteiger partial charge in [0, 0.05) is 12.4 Å². The van der Waals surface area contributed by atoms with Gasteiger partial charge in [0.2, 0.25) is 5.65 Å². The van der Waals surface area contributed by atoms with Crippen molar-refractivity contribution in [2.45, 2.75) is 25.2 Å². The third kappa shape index (κ3) is 2.66. The van der Waals surface area contributed by atoms with Crippen LogP contribution in [0, 0.1) is 6.92 Å². The quantitative estimate of drug-likeness (QED) is 0.505. The van der Waals surface area contributed by atoms with Crippen LogP contribution in [0.4, 0.5) is 0 Å². The van der Waals surface area contributed by atoms with Crippen LogP contribution >= 0.6 is 11.6 Å². The molecule has 1 saturated carbocycles. The lowest BCUT2D eigenvalue weighted by atomic mass is 9.94. The zero-order chi connectivity index (χ0) is 18.4. The fraction of sp³-hybridized carbons (Fsp3) is 0.190. The molecular formula is C21H17ClN4O. The highest BCUT2D eigenvalue weighted by atomic mass is 35.5. The smallest absolute Gasteiger partial charge is 0.265 e. The van der Waals surface area contributed by atoms with Crippen molar-refractivity contribution in [2.75, 3.05) is 0 Å². The number of benzene rings is 2. The van der Waals surface area contributed by atoms with E-state index in [1.54, 1.807) is 18.3 Å². The number of hydrogen-bond donors (Lipinski definition) is 0. The summed E-state index contributed by atoms with van der Waals surface area (Å²) in [7, 11) is 0. The molecule has 5 rings (SSSR count). The van der Waals surface area contributed by atoms with Gasteiger partial charge in [-0.3, -0.25) is 4.40 Å². The monoisotopic (exact) mass is 376 g/mol. The van der Waals surface area contributed by atoms with E-state index in [4.69, 9.17) is 16.3 Å². The Morgan fingerprint density at radius 2 is 1.81 bits per heavy atom. The molecule has 0 aliphatic heterocycles. The second-order valence-electron chi connectivity index (χ2n) is 6.93. The number of aryl methyl sites for hydroxylation is 1. The zero-order valence-electron chi connectivity index (χ0n) is 14.8. The van der Waals surface area contributed by atoms with E-state index in [2.05, 4.69) is 46.4 Å². The Morgan fingerprint density at radius 3 is 2.56 bits per heavy atom. The molecule has 0 amide bonds. The fourth-order valence-corrected chi connectivity index (χ4v) is 3.65. The Bertz CT molecular complexity index is 1130. The predicted octanol–water partition coefficient (Wildman–Crippen LogP) is 4.96. The molecule has 2 aromatic heterocycles. The maximum Gasteiger partial charge on any atom is 0.265 e. The standard InChI is InChI=1S/C21H17ClN4O/c1-14-6-8-15(9-7-14)21(10-11-21)20-25-24-18-19(23-12-13-26(18)20)27-17-5-3-2-4-16(17)22/h2-9,12-13H,10-11H2,1H3. The molecular weight excluding hydrogens is 360 g/mol. The number of fused-ring (bicyclic) bond motifs is 1. The van der Waals surface area contributed by atoms with Crippen molar-refractivity contribution in [3.05, 3.63) is 82.9 Å². The first-order valence-corrected chi connectivity index (χ1v) is 9.25. The molecule has 0 bridgehead atoms. The first-order chi connectivity index (χ1) is 13.2. The number of nitrogens with zero attached hydrogens (tertiary/aromatic N) is 4. The largest absolute Gasteiger partial charge is 0.434 e. The Kier molecular flexibility index (Phi) is 3.65. The third-order valence-corrected chi connectivity index (χ3v) is 5.43. The Hall–Kier alpha value is -2.92. The molecule has 0 N–H and O–H groups in total. The molecule has 0 saturated heterocycles. The summed E-state index contributed by atoms with van der Waals surface area (Å²) in [5, 5.41) is 9.42. The lowest BCUT2D eigenvalue weighted by Crippen LogP contribution is -2.13. The van der Waals surface area contributed by atoms with Gasteiger partial charge >= 0.3 is 0 Å². The summed E-state index contributed by atoms with van der Waals surface area (Å²) in [5.74, 6) is 1.86. The molecule has 1 fully saturated rings. The summed E-state index contributed by atoms with van der Waals surface area (Å²) in [5.41, 5.74) is 3.02. The second-order valence-corrected chi connectivity index (χ2v) is 7.34. The summed E-state index contributed by atoms with van der Waals surface area (Å²) in [6.45, 7) is 2.10. The Labute approximate surface area is 161 Å². The van der Waals surface area contributed by atoms with Crippen molar-refractivity contribution >= 4 is 17.2 Å². The predicted molar refractivity (Wildman–Crippen MR) is 104 cm³/mol. The van der Waals surface area contributed by atoms with Crippen molar-refractivity contribution in [3.8, 4) is 11.6 Å². The van der Waals surface area contributed by atoms with Crippen molar-refractivity contribution in [1.29, 1.82) is 0 Å². The molecule has 0 spiro atoms. The van der Waals surface area contributed by atoms with Crippen molar-refractivity contribution in [2.24, 2.45) is 0 Å². The molecule has 2 aromatic carbocycles. The Morgan fingerprint density at radius 1 is 1.04 bits per heavy atom. The molecule has 1 aliphatic rings. The molecule has 2 heterocycles. The van der Waals surface area contributed by atoms with Gasteiger partial charge in [0.1, 0.15) is 11.6 Å². The highest BCUT2D eigenvalue weighted by Gasteiger charge is 2.49. The van der Waals surface area contributed by atoms with Crippen molar-refractivity contribution < 1.29 is 4.74 Å². The Balaban J connectivity index is 1.58. The highest BCUT2D eigenvalue weighted by molar-refractivity contribution is 6.32. The van der Waals surface area contributed by atoms with Crippen molar-refractivity contribution in [3.63, 3.8) is 0 Å². The number of para-hydroxylation sites is 1. The summed E-state index contributed by atoms with van der Waals surface area (Å²) in [6.07, 6.45) is 5.70. The molecule has 0 unspecified atom stereocenters. The van der Waals surface area contributed by atoms with E-state index in [1.807, 2.05) is 22.7 Å². The van der Waals surface area contributed by atoms with Crippen LogP contribution in [0.5, 0.6) is 11.6 Å². The van der Waals surface area contributed by atoms with Gasteiger partial charge in [-0.15, -0.1) is 10.2 Å². The molecule has 6 heteroatoms. The minimum atomic E-state index is -0.0872. The van der Waals surface area contributed by atoms with Crippen LogP contribution in [0.2, 0.25) is 5.02 Å². The van der Waals surface area contributed by atoms with E-state index < -0.39 is 0 Å². The van der Waals surface area contributed by atoms with Crippen molar-refractivity contribution in [1.82, 2.24) is 19.6 Å². The van der Waals surface area contributed by atoms with Gasteiger partial charge in [-0.05, 0) is 37.5 Å². The number of aromatic nitrogens is 4. The number of rotatable bonds is 4. The van der Waals surface area contributed by atoms with Gasteiger partial charge in [-0.2, -0.15) is 0 Å². The molecule has 4 aromatic rings. The van der Waals surface area contributed by atoms with Crippen LogP contribution in [0.25, 0.3) is 5.65 Å². The van der Waals surface area contributed by atoms with Gasteiger partial charge in [0.15, 0.2) is 0 Å². The fourth-order valence-electron chi connectivity index (χ4n) is 3.47. The molecule has 0 radical (unpaired) electrons. The van der Waals surface area contributed by atoms with Gasteiger partial charge in [0.25, 0.3) is 5.88 Å². The topological polar surface area (TPSA) is 52.3 Å². The first kappa shape index (κ1) is 16.3. The average Bonchev–Trinajstić information content (AvgIpc) is 3.36. The van der Waals surface area contributed by atoms with Gasteiger partial charge in [0.05, 0.1) is 10.4 Å². The van der Waals surface area contributed by atoms with Gasteiger partial charge in [-0.1, -0.05) is 53.6 Å². The van der Waals surface area contributed by atoms with E-state index >= 15 is 0 Å². The molecule has 5 nitrogen and oxygen atoms in total. The lowest BCUT2D eigenvalue weighted by molar-refractivity contribution is 0.465. The summed E-state index contributed by atoms with van der Waals surface area (Å²) >= 11 is 6.21. The SMILES string of the molecule is Cc1ccc(C2(c3nnc4c(Oc5ccccc5Cl)nccn34)CC2)cc1. The first-order valence-electron chi connectivity index (χ1n) is 8.87. The van der Waals surface area contributed by atoms with Crippen LogP contribution in [-0.2, 0) is 5.41 Å². The van der Waals surface area contributed by atoms with Crippen LogP contribution in [-0.4, -0.2) is 19.6 Å². The number of hydrogen-bond acceptors (Lipinski definition) is 4. The highest BCUT2D eigenvalue weighted by Crippen LogP contribution is 2.52. The molecule has 27 heavy (non-hydrogen) atoms. The van der Waals surface area contributed by atoms with E-state index in [-0.39, 0.29) is 5.41 Å². The van der Waals surface area contributed by atoms with Crippen LogP contribution in [0.1, 0.15) is 29.8 Å². The van der Waals surface area contributed by atoms with Gasteiger partial charge < -0.3 is 4.74 Å². The minimum Gasteiger partial charge on any atom is -0.434 e. The van der Waals surface area contributed by atoms with Crippen LogP contribution in [0.15, 0.2) is 60.9 Å². The third-order valence-electron chi connectivity index (χ3n) is 5.12. The normalized spacial score (nSPS) is 15.0. The van der Waals surface area contributed by atoms with Crippen LogP contribution in [0.3, 0.4) is 0 Å². The molecule has 134 valence electrons. The van der Waals surface area contributed by atoms with E-state index in [1.165, 1.54) is 11.1 Å². The zero-order valence-corrected chi connectivity index (χ0v) is 15.5. The summed E-state index contributed by atoms with van der Waals surface area (Å²) < 4.78 is 7.90. The lowest BCUT2D eigenvalue weighted by Gasteiger charge is -2.14. The molecule has 1 aliphatic carbocycles. The summed E-state index contributed by atoms with van der Waals surface area (Å²) in [4.78, 5) is 4.34. The average molecular weight is 377 g/mol. The van der Waals surface area contributed by atoms with E-state index in [9.17, 15) is 0 Å². The number of halogens is 1. The van der Waals surface area contributed by atoms with Crippen LogP contribution < -0.4 is 4.74 Å². The minimum absolute atomic E-state index is 0.0872. The van der Waals surface area contributed by atoms with E-state index in [0.29, 0.717) is 22.3 Å². The van der Waals surface area contributed by atoms with E-state index in [0.717, 1.165) is 18.7 Å². The summed E-state index contributed by atoms with van der Waals surface area (Å²) in [6, 6.07) is 16.0.